The Morgan fingerprint density at radius 1 is 1.00 bits per heavy atom. The fourth-order valence-electron chi connectivity index (χ4n) is 1.04. The fourth-order valence-corrected chi connectivity index (χ4v) is 2.43. The smallest absolute Gasteiger partial charge is 0 e. The number of hydrogen-bond acceptors (Lipinski definition) is 0. The highest BCUT2D eigenvalue weighted by molar-refractivity contribution is 7.66. The van der Waals surface area contributed by atoms with E-state index in [-0.39, 0.29) is 16.3 Å². The van der Waals surface area contributed by atoms with Crippen LogP contribution in [-0.4, -0.2) is 20.2 Å². The van der Waals surface area contributed by atoms with Gasteiger partial charge in [0.2, 0.25) is 0 Å². The lowest BCUT2D eigenvalue weighted by Gasteiger charge is -2.28. The highest BCUT2D eigenvalue weighted by Crippen LogP contribution is 2.44. The Hall–Kier alpha value is -0.285. The normalized spacial score (nSPS) is 13.2. The van der Waals surface area contributed by atoms with E-state index in [1.165, 1.54) is 5.30 Å². The molecule has 13 heavy (non-hydrogen) atoms. The van der Waals surface area contributed by atoms with E-state index in [0.29, 0.717) is 5.16 Å². The van der Waals surface area contributed by atoms with Gasteiger partial charge in [0.1, 0.15) is 0 Å². The van der Waals surface area contributed by atoms with E-state index < -0.39 is 0 Å². The Labute approximate surface area is 85.1 Å². The third-order valence-corrected chi connectivity index (χ3v) is 5.23. The van der Waals surface area contributed by atoms with Crippen LogP contribution in [0, 0.1) is 0 Å². The van der Waals surface area contributed by atoms with Crippen LogP contribution in [0.3, 0.4) is 0 Å². The maximum Gasteiger partial charge on any atom is 0 e. The Kier molecular flexibility index (Phi) is 4.71. The molecule has 0 saturated heterocycles. The molecular weight excluding hydrogens is 174 g/mol. The molecule has 0 fully saturated rings. The Balaban J connectivity index is 0.00000144. The summed E-state index contributed by atoms with van der Waals surface area (Å²) in [4.78, 5) is 0. The molecule has 1 aromatic rings. The minimum atomic E-state index is -0.0167. The molecule has 69 valence electrons. The van der Waals surface area contributed by atoms with Gasteiger partial charge in [-0.1, -0.05) is 59.0 Å². The van der Waals surface area contributed by atoms with Crippen LogP contribution < -0.4 is 5.30 Å². The van der Waals surface area contributed by atoms with Crippen LogP contribution in [-0.2, 0) is 0 Å². The molecule has 1 aromatic carbocycles. The van der Waals surface area contributed by atoms with Crippen LogP contribution in [0.5, 0.6) is 0 Å². The first-order valence-corrected chi connectivity index (χ1v) is 6.09. The van der Waals surface area contributed by atoms with Crippen LogP contribution in [0.4, 0.5) is 0 Å². The van der Waals surface area contributed by atoms with Crippen molar-refractivity contribution < 1.29 is 0 Å². The number of rotatable bonds is 1. The average molecular weight is 191 g/mol. The van der Waals surface area contributed by atoms with Gasteiger partial charge in [0.15, 0.2) is 0 Å². The molecule has 0 aromatic heterocycles. The van der Waals surface area contributed by atoms with Gasteiger partial charge >= 0.3 is 0 Å². The third-order valence-electron chi connectivity index (χ3n) is 2.15. The monoisotopic (exact) mass is 191 g/mol. The minimum Gasteiger partial charge on any atom is -0.0730 e. The van der Waals surface area contributed by atoms with Gasteiger partial charge in [-0.05, 0) is 17.1 Å². The van der Waals surface area contributed by atoms with E-state index in [1.54, 1.807) is 0 Å². The van der Waals surface area contributed by atoms with E-state index in [0.717, 1.165) is 0 Å². The predicted octanol–water partition coefficient (Wildman–Crippen LogP) is 2.84. The van der Waals surface area contributed by atoms with E-state index in [9.17, 15) is 0 Å². The van der Waals surface area contributed by atoms with Gasteiger partial charge in [-0.3, -0.25) is 0 Å². The summed E-state index contributed by atoms with van der Waals surface area (Å²) < 4.78 is 0. The summed E-state index contributed by atoms with van der Waals surface area (Å²) >= 11 is 0. The number of benzene rings is 1. The van der Waals surface area contributed by atoms with Crippen molar-refractivity contribution in [1.29, 1.82) is 0 Å². The molecule has 0 aliphatic rings. The summed E-state index contributed by atoms with van der Waals surface area (Å²) in [7, 11) is -0.0167. The molecule has 3 radical (unpaired) electrons. The van der Waals surface area contributed by atoms with E-state index >= 15 is 0 Å². The molecule has 0 aliphatic carbocycles. The molecule has 0 aliphatic heterocycles. The molecule has 0 N–H and O–H groups in total. The average Bonchev–Trinajstić information content (AvgIpc) is 2.03. The molecule has 0 heterocycles. The fraction of sp³-hybridized carbons (Fsp3) is 0.455. The first-order chi connectivity index (χ1) is 5.52. The van der Waals surface area contributed by atoms with E-state index in [1.807, 2.05) is 0 Å². The lowest BCUT2D eigenvalue weighted by Crippen LogP contribution is -2.17. The van der Waals surface area contributed by atoms with Crippen molar-refractivity contribution in [2.45, 2.75) is 25.9 Å². The second-order valence-corrected chi connectivity index (χ2v) is 7.04. The zero-order chi connectivity index (χ0) is 9.19. The zero-order valence-corrected chi connectivity index (χ0v) is 9.81. The van der Waals surface area contributed by atoms with Crippen molar-refractivity contribution in [3.05, 3.63) is 30.3 Å². The SMILES string of the molecule is C[P@](c1ccccc1)C(C)(C)C.[B]. The molecular formula is C11H17BP. The molecule has 0 bridgehead atoms. The maximum absolute atomic E-state index is 2.35. The van der Waals surface area contributed by atoms with Crippen molar-refractivity contribution in [1.82, 2.24) is 0 Å². The van der Waals surface area contributed by atoms with Crippen LogP contribution >= 0.6 is 7.92 Å². The topological polar surface area (TPSA) is 0 Å². The molecule has 0 spiro atoms. The lowest BCUT2D eigenvalue weighted by atomic mass is 10.3. The van der Waals surface area contributed by atoms with Gasteiger partial charge in [-0.15, -0.1) is 0 Å². The molecule has 0 saturated carbocycles. The van der Waals surface area contributed by atoms with Crippen LogP contribution in [0.25, 0.3) is 0 Å². The molecule has 0 amide bonds. The largest absolute Gasteiger partial charge is 0.0730 e. The van der Waals surface area contributed by atoms with Crippen molar-refractivity contribution in [3.8, 4) is 0 Å². The maximum atomic E-state index is 2.35. The van der Waals surface area contributed by atoms with Gasteiger partial charge in [0, 0.05) is 8.41 Å². The minimum absolute atomic E-state index is 0. The van der Waals surface area contributed by atoms with Crippen LogP contribution in [0.1, 0.15) is 20.8 Å². The van der Waals surface area contributed by atoms with Gasteiger partial charge in [-0.25, -0.2) is 0 Å². The van der Waals surface area contributed by atoms with Crippen LogP contribution in [0.2, 0.25) is 0 Å². The summed E-state index contributed by atoms with van der Waals surface area (Å²) in [5.74, 6) is 0. The molecule has 0 nitrogen and oxygen atoms in total. The van der Waals surface area contributed by atoms with Gasteiger partial charge < -0.3 is 0 Å². The lowest BCUT2D eigenvalue weighted by molar-refractivity contribution is 0.791. The summed E-state index contributed by atoms with van der Waals surface area (Å²) in [6, 6.07) is 10.8. The predicted molar refractivity (Wildman–Crippen MR) is 64.4 cm³/mol. The standard InChI is InChI=1S/C11H17P.B/c1-11(2,3)12(4)10-8-6-5-7-9-10;/h5-9H,1-4H3;/t12-;/m1./s1. The van der Waals surface area contributed by atoms with Gasteiger partial charge in [-0.2, -0.15) is 0 Å². The Morgan fingerprint density at radius 2 is 1.46 bits per heavy atom. The second-order valence-electron chi connectivity index (χ2n) is 4.07. The summed E-state index contributed by atoms with van der Waals surface area (Å²) in [5, 5.41) is 1.93. The molecule has 0 unspecified atom stereocenters. The number of hydrogen-bond donors (Lipinski definition) is 0. The van der Waals surface area contributed by atoms with Crippen molar-refractivity contribution >= 4 is 21.6 Å². The summed E-state index contributed by atoms with van der Waals surface area (Å²) in [6.45, 7) is 9.29. The van der Waals surface area contributed by atoms with Crippen LogP contribution in [0.15, 0.2) is 30.3 Å². The third kappa shape index (κ3) is 3.52. The quantitative estimate of drug-likeness (QED) is 0.472. The van der Waals surface area contributed by atoms with Crippen molar-refractivity contribution in [2.75, 3.05) is 6.66 Å². The summed E-state index contributed by atoms with van der Waals surface area (Å²) in [6.07, 6.45) is 0. The van der Waals surface area contributed by atoms with E-state index in [2.05, 4.69) is 57.8 Å². The zero-order valence-electron chi connectivity index (χ0n) is 8.91. The van der Waals surface area contributed by atoms with Gasteiger partial charge in [0.05, 0.1) is 0 Å². The van der Waals surface area contributed by atoms with Crippen molar-refractivity contribution in [2.24, 2.45) is 0 Å². The highest BCUT2D eigenvalue weighted by Gasteiger charge is 2.20. The summed E-state index contributed by atoms with van der Waals surface area (Å²) in [5.41, 5.74) is 0. The Bertz CT molecular complexity index is 238. The Morgan fingerprint density at radius 3 is 1.85 bits per heavy atom. The van der Waals surface area contributed by atoms with Gasteiger partial charge in [0.25, 0.3) is 0 Å². The first-order valence-electron chi connectivity index (χ1n) is 4.31. The molecule has 1 rings (SSSR count). The molecule has 1 atom stereocenters. The highest BCUT2D eigenvalue weighted by atomic mass is 31.1. The van der Waals surface area contributed by atoms with E-state index in [4.69, 9.17) is 0 Å². The van der Waals surface area contributed by atoms with Crippen molar-refractivity contribution in [3.63, 3.8) is 0 Å². The first kappa shape index (κ1) is 12.7. The second kappa shape index (κ2) is 4.81. The molecule has 2 heteroatoms.